The van der Waals surface area contributed by atoms with Crippen molar-refractivity contribution < 1.29 is 0 Å². The van der Waals surface area contributed by atoms with Gasteiger partial charge in [0.2, 0.25) is 0 Å². The normalized spacial score (nSPS) is 12.8. The fourth-order valence-corrected chi connectivity index (χ4v) is 1.69. The second kappa shape index (κ2) is 4.98. The van der Waals surface area contributed by atoms with Crippen molar-refractivity contribution in [2.24, 2.45) is 5.73 Å². The van der Waals surface area contributed by atoms with E-state index in [9.17, 15) is 0 Å². The van der Waals surface area contributed by atoms with E-state index in [0.29, 0.717) is 0 Å². The van der Waals surface area contributed by atoms with Crippen LogP contribution >= 0.6 is 0 Å². The van der Waals surface area contributed by atoms with Crippen molar-refractivity contribution in [3.05, 3.63) is 35.9 Å². The van der Waals surface area contributed by atoms with Crippen LogP contribution < -0.4 is 11.1 Å². The van der Waals surface area contributed by atoms with Crippen LogP contribution in [0.3, 0.4) is 0 Å². The van der Waals surface area contributed by atoms with E-state index in [2.05, 4.69) is 49.5 Å². The van der Waals surface area contributed by atoms with E-state index in [0.717, 1.165) is 13.1 Å². The number of hydrogen-bond acceptors (Lipinski definition) is 2. The van der Waals surface area contributed by atoms with E-state index in [1.54, 1.807) is 0 Å². The standard InChI is InChI=1S/C14H24N2/c1-13(2,10-16-11-14(3,4)15)12-8-6-5-7-9-12/h5-9,16H,10-11,15H2,1-4H3. The van der Waals surface area contributed by atoms with Crippen LogP contribution in [0, 0.1) is 0 Å². The van der Waals surface area contributed by atoms with Crippen LogP contribution in [0.1, 0.15) is 33.3 Å². The molecule has 2 nitrogen and oxygen atoms in total. The summed E-state index contributed by atoms with van der Waals surface area (Å²) in [5.41, 5.74) is 7.30. The highest BCUT2D eigenvalue weighted by atomic mass is 14.9. The first-order valence-corrected chi connectivity index (χ1v) is 5.86. The van der Waals surface area contributed by atoms with Gasteiger partial charge in [-0.3, -0.25) is 0 Å². The van der Waals surface area contributed by atoms with Gasteiger partial charge in [0.15, 0.2) is 0 Å². The fourth-order valence-electron chi connectivity index (χ4n) is 1.69. The molecule has 1 aromatic rings. The third kappa shape index (κ3) is 4.33. The summed E-state index contributed by atoms with van der Waals surface area (Å²) in [5, 5.41) is 3.44. The Hall–Kier alpha value is -0.860. The van der Waals surface area contributed by atoms with Crippen molar-refractivity contribution >= 4 is 0 Å². The lowest BCUT2D eigenvalue weighted by Gasteiger charge is -2.28. The van der Waals surface area contributed by atoms with Crippen molar-refractivity contribution in [1.82, 2.24) is 5.32 Å². The average molecular weight is 220 g/mol. The smallest absolute Gasteiger partial charge is 0.0223 e. The van der Waals surface area contributed by atoms with Crippen molar-refractivity contribution in [2.75, 3.05) is 13.1 Å². The second-order valence-electron chi connectivity index (χ2n) is 5.84. The summed E-state index contributed by atoms with van der Waals surface area (Å²) in [6, 6.07) is 10.6. The Balaban J connectivity index is 2.53. The SMILES string of the molecule is CC(C)(N)CNCC(C)(C)c1ccccc1. The largest absolute Gasteiger partial charge is 0.324 e. The average Bonchev–Trinajstić information content (AvgIpc) is 2.17. The number of nitrogens with one attached hydrogen (secondary N) is 1. The van der Waals surface area contributed by atoms with Crippen LogP contribution in [-0.2, 0) is 5.41 Å². The lowest BCUT2D eigenvalue weighted by Crippen LogP contribution is -2.46. The van der Waals surface area contributed by atoms with Gasteiger partial charge in [-0.1, -0.05) is 44.2 Å². The zero-order valence-corrected chi connectivity index (χ0v) is 10.9. The molecule has 0 atom stereocenters. The number of benzene rings is 1. The minimum atomic E-state index is -0.146. The highest BCUT2D eigenvalue weighted by Crippen LogP contribution is 2.21. The molecule has 0 aliphatic rings. The van der Waals surface area contributed by atoms with E-state index < -0.39 is 0 Å². The molecule has 0 bridgehead atoms. The van der Waals surface area contributed by atoms with Crippen molar-refractivity contribution in [3.63, 3.8) is 0 Å². The van der Waals surface area contributed by atoms with Crippen LogP contribution in [-0.4, -0.2) is 18.6 Å². The zero-order valence-electron chi connectivity index (χ0n) is 10.9. The van der Waals surface area contributed by atoms with Crippen LogP contribution in [0.15, 0.2) is 30.3 Å². The zero-order chi connectivity index (χ0) is 12.2. The fraction of sp³-hybridized carbons (Fsp3) is 0.571. The van der Waals surface area contributed by atoms with Gasteiger partial charge >= 0.3 is 0 Å². The Morgan fingerprint density at radius 1 is 1.00 bits per heavy atom. The lowest BCUT2D eigenvalue weighted by molar-refractivity contribution is 0.411. The molecule has 0 saturated heterocycles. The van der Waals surface area contributed by atoms with Crippen molar-refractivity contribution in [3.8, 4) is 0 Å². The summed E-state index contributed by atoms with van der Waals surface area (Å²) in [6.45, 7) is 10.4. The molecule has 1 rings (SSSR count). The molecule has 0 spiro atoms. The van der Waals surface area contributed by atoms with Crippen LogP contribution in [0.4, 0.5) is 0 Å². The lowest BCUT2D eigenvalue weighted by atomic mass is 9.84. The van der Waals surface area contributed by atoms with E-state index in [1.165, 1.54) is 5.56 Å². The molecule has 0 aromatic heterocycles. The van der Waals surface area contributed by atoms with Gasteiger partial charge in [-0.05, 0) is 19.4 Å². The third-order valence-corrected chi connectivity index (χ3v) is 2.70. The molecular formula is C14H24N2. The first-order chi connectivity index (χ1) is 7.31. The van der Waals surface area contributed by atoms with Gasteiger partial charge in [0.25, 0.3) is 0 Å². The van der Waals surface area contributed by atoms with Gasteiger partial charge in [-0.25, -0.2) is 0 Å². The summed E-state index contributed by atoms with van der Waals surface area (Å²) in [6.07, 6.45) is 0. The first-order valence-electron chi connectivity index (χ1n) is 5.86. The molecule has 16 heavy (non-hydrogen) atoms. The van der Waals surface area contributed by atoms with E-state index in [4.69, 9.17) is 5.73 Å². The monoisotopic (exact) mass is 220 g/mol. The molecule has 1 aromatic carbocycles. The molecule has 2 heteroatoms. The van der Waals surface area contributed by atoms with Crippen molar-refractivity contribution in [2.45, 2.75) is 38.6 Å². The maximum atomic E-state index is 5.94. The highest BCUT2D eigenvalue weighted by Gasteiger charge is 2.20. The highest BCUT2D eigenvalue weighted by molar-refractivity contribution is 5.23. The number of nitrogens with two attached hydrogens (primary N) is 1. The minimum Gasteiger partial charge on any atom is -0.324 e. The molecule has 90 valence electrons. The second-order valence-corrected chi connectivity index (χ2v) is 5.84. The van der Waals surface area contributed by atoms with Gasteiger partial charge in [0, 0.05) is 24.0 Å². The summed E-state index contributed by atoms with van der Waals surface area (Å²) in [4.78, 5) is 0. The van der Waals surface area contributed by atoms with Gasteiger partial charge in [-0.2, -0.15) is 0 Å². The molecule has 0 amide bonds. The Labute approximate surface area is 99.2 Å². The van der Waals surface area contributed by atoms with Crippen LogP contribution in [0.2, 0.25) is 0 Å². The maximum Gasteiger partial charge on any atom is 0.0223 e. The first kappa shape index (κ1) is 13.2. The molecule has 0 radical (unpaired) electrons. The molecule has 0 heterocycles. The maximum absolute atomic E-state index is 5.94. The number of hydrogen-bond donors (Lipinski definition) is 2. The predicted octanol–water partition coefficient (Wildman–Crippen LogP) is 2.29. The summed E-state index contributed by atoms with van der Waals surface area (Å²) in [7, 11) is 0. The topological polar surface area (TPSA) is 38.0 Å². The summed E-state index contributed by atoms with van der Waals surface area (Å²) >= 11 is 0. The Morgan fingerprint density at radius 2 is 1.56 bits per heavy atom. The van der Waals surface area contributed by atoms with E-state index >= 15 is 0 Å². The molecule has 0 fully saturated rings. The predicted molar refractivity (Wildman–Crippen MR) is 70.6 cm³/mol. The molecule has 0 aliphatic carbocycles. The van der Waals surface area contributed by atoms with Gasteiger partial charge in [-0.15, -0.1) is 0 Å². The summed E-state index contributed by atoms with van der Waals surface area (Å²) in [5.74, 6) is 0. The number of rotatable bonds is 5. The Morgan fingerprint density at radius 3 is 2.06 bits per heavy atom. The van der Waals surface area contributed by atoms with Crippen LogP contribution in [0.25, 0.3) is 0 Å². The van der Waals surface area contributed by atoms with Gasteiger partial charge in [0.1, 0.15) is 0 Å². The van der Waals surface area contributed by atoms with Gasteiger partial charge < -0.3 is 11.1 Å². The van der Waals surface area contributed by atoms with E-state index in [-0.39, 0.29) is 11.0 Å². The van der Waals surface area contributed by atoms with Crippen molar-refractivity contribution in [1.29, 1.82) is 0 Å². The third-order valence-electron chi connectivity index (χ3n) is 2.70. The molecule has 0 unspecified atom stereocenters. The van der Waals surface area contributed by atoms with Gasteiger partial charge in [0.05, 0.1) is 0 Å². The molecular weight excluding hydrogens is 196 g/mol. The van der Waals surface area contributed by atoms with E-state index in [1.807, 2.05) is 13.8 Å². The molecule has 0 aliphatic heterocycles. The molecule has 0 saturated carbocycles. The quantitative estimate of drug-likeness (QED) is 0.799. The Bertz CT molecular complexity index is 309. The summed E-state index contributed by atoms with van der Waals surface area (Å²) < 4.78 is 0. The minimum absolute atomic E-state index is 0.145. The molecule has 3 N–H and O–H groups in total. The van der Waals surface area contributed by atoms with Crippen LogP contribution in [0.5, 0.6) is 0 Å². The Kier molecular flexibility index (Phi) is 4.11.